The molecular weight excluding hydrogens is 246 g/mol. The highest BCUT2D eigenvalue weighted by molar-refractivity contribution is 5.92. The maximum Gasteiger partial charge on any atom is 0.341 e. The van der Waals surface area contributed by atoms with Crippen LogP contribution in [0.15, 0.2) is 29.4 Å². The van der Waals surface area contributed by atoms with E-state index in [1.54, 1.807) is 18.2 Å². The third-order valence-corrected chi connectivity index (χ3v) is 2.40. The first kappa shape index (κ1) is 14.6. The van der Waals surface area contributed by atoms with E-state index in [1.165, 1.54) is 14.2 Å². The number of rotatable bonds is 6. The molecule has 19 heavy (non-hydrogen) atoms. The summed E-state index contributed by atoms with van der Waals surface area (Å²) in [6.45, 7) is 0.421. The number of hydrogen-bond donors (Lipinski definition) is 0. The number of nitrogens with zero attached hydrogens (tertiary/aromatic N) is 3. The molecule has 1 rings (SSSR count). The minimum absolute atomic E-state index is 0.385. The summed E-state index contributed by atoms with van der Waals surface area (Å²) in [4.78, 5) is 14.1. The molecule has 0 aliphatic rings. The first-order chi connectivity index (χ1) is 9.22. The lowest BCUT2D eigenvalue weighted by atomic mass is 10.1. The van der Waals surface area contributed by atoms with Crippen LogP contribution in [0.5, 0.6) is 5.75 Å². The Hall–Kier alpha value is -2.46. The highest BCUT2D eigenvalue weighted by Crippen LogP contribution is 2.21. The van der Waals surface area contributed by atoms with E-state index in [2.05, 4.69) is 14.8 Å². The summed E-state index contributed by atoms with van der Waals surface area (Å²) in [5.74, 6) is 0.0276. The standard InChI is InChI=1S/C13H15N3O3/c1-18-12-9-10(5-3-4-8-15-16-14)6-7-11(12)13(17)19-2/h3,5-7,9H,4,8H2,1-2H3. The Labute approximate surface area is 111 Å². The largest absolute Gasteiger partial charge is 0.496 e. The molecule has 6 heteroatoms. The molecule has 0 aliphatic heterocycles. The summed E-state index contributed by atoms with van der Waals surface area (Å²) in [5, 5.41) is 3.43. The van der Waals surface area contributed by atoms with Gasteiger partial charge in [0.05, 0.1) is 14.2 Å². The van der Waals surface area contributed by atoms with Gasteiger partial charge in [0.2, 0.25) is 0 Å². The summed E-state index contributed by atoms with van der Waals surface area (Å²) < 4.78 is 9.81. The van der Waals surface area contributed by atoms with Gasteiger partial charge in [0.25, 0.3) is 0 Å². The Morgan fingerprint density at radius 2 is 2.26 bits per heavy atom. The third-order valence-electron chi connectivity index (χ3n) is 2.40. The first-order valence-electron chi connectivity index (χ1n) is 5.66. The number of ether oxygens (including phenoxy) is 2. The van der Waals surface area contributed by atoms with Crippen molar-refractivity contribution in [1.82, 2.24) is 0 Å². The number of methoxy groups -OCH3 is 2. The Morgan fingerprint density at radius 1 is 1.47 bits per heavy atom. The van der Waals surface area contributed by atoms with Crippen LogP contribution in [0.1, 0.15) is 22.3 Å². The zero-order chi connectivity index (χ0) is 14.1. The lowest BCUT2D eigenvalue weighted by Crippen LogP contribution is -2.03. The lowest BCUT2D eigenvalue weighted by molar-refractivity contribution is 0.0597. The van der Waals surface area contributed by atoms with Crippen LogP contribution in [-0.4, -0.2) is 26.7 Å². The van der Waals surface area contributed by atoms with Crippen molar-refractivity contribution in [2.45, 2.75) is 6.42 Å². The van der Waals surface area contributed by atoms with Crippen LogP contribution in [0.4, 0.5) is 0 Å². The second-order valence-electron chi connectivity index (χ2n) is 3.60. The summed E-state index contributed by atoms with van der Waals surface area (Å²) in [5.41, 5.74) is 9.41. The van der Waals surface area contributed by atoms with Crippen molar-refractivity contribution in [1.29, 1.82) is 0 Å². The molecule has 1 aromatic rings. The second-order valence-corrected chi connectivity index (χ2v) is 3.60. The Bertz CT molecular complexity index is 520. The molecule has 0 aliphatic carbocycles. The highest BCUT2D eigenvalue weighted by Gasteiger charge is 2.12. The van der Waals surface area contributed by atoms with Gasteiger partial charge in [-0.05, 0) is 29.6 Å². The Kier molecular flexibility index (Phi) is 5.98. The molecule has 100 valence electrons. The molecular formula is C13H15N3O3. The molecule has 0 bridgehead atoms. The number of azide groups is 1. The van der Waals surface area contributed by atoms with Crippen LogP contribution in [-0.2, 0) is 4.74 Å². The van der Waals surface area contributed by atoms with Gasteiger partial charge in [-0.3, -0.25) is 0 Å². The summed E-state index contributed by atoms with van der Waals surface area (Å²) >= 11 is 0. The topological polar surface area (TPSA) is 84.3 Å². The fourth-order valence-electron chi connectivity index (χ4n) is 1.49. The fourth-order valence-corrected chi connectivity index (χ4v) is 1.49. The fraction of sp³-hybridized carbons (Fsp3) is 0.308. The van der Waals surface area contributed by atoms with Crippen LogP contribution in [0.25, 0.3) is 16.5 Å². The van der Waals surface area contributed by atoms with E-state index < -0.39 is 5.97 Å². The van der Waals surface area contributed by atoms with Gasteiger partial charge in [0, 0.05) is 11.5 Å². The molecule has 0 saturated heterocycles. The maximum atomic E-state index is 11.5. The van der Waals surface area contributed by atoms with E-state index in [0.717, 1.165) is 5.56 Å². The third kappa shape index (κ3) is 4.37. The molecule has 0 N–H and O–H groups in total. The van der Waals surface area contributed by atoms with Gasteiger partial charge >= 0.3 is 5.97 Å². The average Bonchev–Trinajstić information content (AvgIpc) is 2.46. The number of benzene rings is 1. The molecule has 0 unspecified atom stereocenters. The van der Waals surface area contributed by atoms with E-state index in [4.69, 9.17) is 10.3 Å². The molecule has 0 heterocycles. The minimum Gasteiger partial charge on any atom is -0.496 e. The van der Waals surface area contributed by atoms with Crippen molar-refractivity contribution in [2.24, 2.45) is 5.11 Å². The smallest absolute Gasteiger partial charge is 0.341 e. The molecule has 0 spiro atoms. The average molecular weight is 261 g/mol. The van der Waals surface area contributed by atoms with Crippen LogP contribution in [0.3, 0.4) is 0 Å². The highest BCUT2D eigenvalue weighted by atomic mass is 16.5. The molecule has 0 radical (unpaired) electrons. The molecule has 6 nitrogen and oxygen atoms in total. The van der Waals surface area contributed by atoms with E-state index in [1.807, 2.05) is 12.2 Å². The molecule has 0 atom stereocenters. The van der Waals surface area contributed by atoms with E-state index in [9.17, 15) is 4.79 Å². The Balaban J connectivity index is 2.82. The molecule has 0 amide bonds. The van der Waals surface area contributed by atoms with Gasteiger partial charge in [-0.15, -0.1) is 0 Å². The second kappa shape index (κ2) is 7.79. The van der Waals surface area contributed by atoms with Crippen LogP contribution in [0, 0.1) is 0 Å². The van der Waals surface area contributed by atoms with Gasteiger partial charge in [0.15, 0.2) is 0 Å². The summed E-state index contributed by atoms with van der Waals surface area (Å²) in [6.07, 6.45) is 4.42. The van der Waals surface area contributed by atoms with Crippen LogP contribution >= 0.6 is 0 Å². The number of carbonyl (C=O) groups is 1. The zero-order valence-electron chi connectivity index (χ0n) is 10.9. The summed E-state index contributed by atoms with van der Waals surface area (Å²) in [6, 6.07) is 5.19. The van der Waals surface area contributed by atoms with Crippen LogP contribution in [0.2, 0.25) is 0 Å². The normalized spacial score (nSPS) is 10.0. The van der Waals surface area contributed by atoms with Gasteiger partial charge in [0.1, 0.15) is 11.3 Å². The number of carbonyl (C=O) groups excluding carboxylic acids is 1. The van der Waals surface area contributed by atoms with Crippen molar-refractivity contribution in [2.75, 3.05) is 20.8 Å². The predicted octanol–water partition coefficient (Wildman–Crippen LogP) is 3.20. The van der Waals surface area contributed by atoms with E-state index in [0.29, 0.717) is 24.3 Å². The van der Waals surface area contributed by atoms with Gasteiger partial charge in [-0.25, -0.2) is 4.79 Å². The monoisotopic (exact) mass is 261 g/mol. The molecule has 0 aromatic heterocycles. The van der Waals surface area contributed by atoms with E-state index in [-0.39, 0.29) is 0 Å². The van der Waals surface area contributed by atoms with Crippen molar-refractivity contribution in [3.8, 4) is 5.75 Å². The summed E-state index contributed by atoms with van der Waals surface area (Å²) in [7, 11) is 2.82. The van der Waals surface area contributed by atoms with E-state index >= 15 is 0 Å². The van der Waals surface area contributed by atoms with Crippen molar-refractivity contribution in [3.05, 3.63) is 45.8 Å². The van der Waals surface area contributed by atoms with Crippen molar-refractivity contribution >= 4 is 12.0 Å². The van der Waals surface area contributed by atoms with Crippen molar-refractivity contribution < 1.29 is 14.3 Å². The predicted molar refractivity (Wildman–Crippen MR) is 72.0 cm³/mol. The molecule has 0 fully saturated rings. The van der Waals surface area contributed by atoms with Gasteiger partial charge < -0.3 is 9.47 Å². The van der Waals surface area contributed by atoms with Gasteiger partial charge in [-0.1, -0.05) is 23.3 Å². The molecule has 0 saturated carbocycles. The minimum atomic E-state index is -0.435. The SMILES string of the molecule is COC(=O)c1ccc(C=CCCN=[N+]=[N-])cc1OC. The quantitative estimate of drug-likeness (QED) is 0.259. The number of hydrogen-bond acceptors (Lipinski definition) is 4. The van der Waals surface area contributed by atoms with Crippen LogP contribution < -0.4 is 4.74 Å². The number of esters is 1. The Morgan fingerprint density at radius 3 is 2.89 bits per heavy atom. The first-order valence-corrected chi connectivity index (χ1v) is 5.66. The molecule has 1 aromatic carbocycles. The zero-order valence-corrected chi connectivity index (χ0v) is 10.9. The van der Waals surface area contributed by atoms with Crippen molar-refractivity contribution in [3.63, 3.8) is 0 Å². The van der Waals surface area contributed by atoms with Gasteiger partial charge in [-0.2, -0.15) is 0 Å². The lowest BCUT2D eigenvalue weighted by Gasteiger charge is -2.07. The maximum absolute atomic E-state index is 11.5.